The van der Waals surface area contributed by atoms with Crippen molar-refractivity contribution >= 4 is 11.4 Å². The predicted octanol–water partition coefficient (Wildman–Crippen LogP) is 0.915. The van der Waals surface area contributed by atoms with Crippen molar-refractivity contribution in [2.45, 2.75) is 6.10 Å². The molecule has 6 heteroatoms. The van der Waals surface area contributed by atoms with Crippen LogP contribution in [0, 0.1) is 15.9 Å². The van der Waals surface area contributed by atoms with Gasteiger partial charge < -0.3 is 10.0 Å². The second kappa shape index (κ2) is 3.47. The Morgan fingerprint density at radius 2 is 2.20 bits per heavy atom. The molecule has 80 valence electrons. The maximum atomic E-state index is 12.8. The van der Waals surface area contributed by atoms with Crippen molar-refractivity contribution in [1.29, 1.82) is 0 Å². The van der Waals surface area contributed by atoms with Crippen LogP contribution in [0.3, 0.4) is 0 Å². The SMILES string of the molecule is O=[N+]([O-])c1cc(F)ccc1N1CC(O)C1. The number of aliphatic hydroxyl groups excluding tert-OH is 1. The average Bonchev–Trinajstić information content (AvgIpc) is 2.13. The molecule has 0 aromatic heterocycles. The van der Waals surface area contributed by atoms with Crippen LogP contribution in [0.1, 0.15) is 0 Å². The molecular weight excluding hydrogens is 203 g/mol. The molecule has 1 aromatic rings. The standard InChI is InChI=1S/C9H9FN2O3/c10-6-1-2-8(9(3-6)12(14)15)11-4-7(13)5-11/h1-3,7,13H,4-5H2. The van der Waals surface area contributed by atoms with Crippen molar-refractivity contribution in [3.05, 3.63) is 34.1 Å². The van der Waals surface area contributed by atoms with Crippen molar-refractivity contribution < 1.29 is 14.4 Å². The minimum absolute atomic E-state index is 0.262. The molecule has 15 heavy (non-hydrogen) atoms. The lowest BCUT2D eigenvalue weighted by Gasteiger charge is -2.37. The van der Waals surface area contributed by atoms with Gasteiger partial charge in [-0.05, 0) is 12.1 Å². The summed E-state index contributed by atoms with van der Waals surface area (Å²) in [6, 6.07) is 3.42. The van der Waals surface area contributed by atoms with Gasteiger partial charge in [0, 0.05) is 13.1 Å². The Morgan fingerprint density at radius 1 is 1.53 bits per heavy atom. The third-order valence-electron chi connectivity index (χ3n) is 2.34. The van der Waals surface area contributed by atoms with Gasteiger partial charge in [-0.25, -0.2) is 4.39 Å². The molecule has 1 aromatic carbocycles. The number of nitro benzene ring substituents is 1. The van der Waals surface area contributed by atoms with Gasteiger partial charge in [0.05, 0.1) is 17.1 Å². The zero-order chi connectivity index (χ0) is 11.0. The fraction of sp³-hybridized carbons (Fsp3) is 0.333. The molecule has 1 fully saturated rings. The lowest BCUT2D eigenvalue weighted by molar-refractivity contribution is -0.384. The van der Waals surface area contributed by atoms with Gasteiger partial charge in [0.2, 0.25) is 0 Å². The predicted molar refractivity (Wildman–Crippen MR) is 51.3 cm³/mol. The molecule has 0 aliphatic carbocycles. The van der Waals surface area contributed by atoms with Crippen molar-refractivity contribution in [3.63, 3.8) is 0 Å². The zero-order valence-electron chi connectivity index (χ0n) is 7.76. The van der Waals surface area contributed by atoms with Crippen molar-refractivity contribution in [1.82, 2.24) is 0 Å². The van der Waals surface area contributed by atoms with Gasteiger partial charge in [-0.1, -0.05) is 0 Å². The average molecular weight is 212 g/mol. The molecule has 0 spiro atoms. The van der Waals surface area contributed by atoms with E-state index in [0.717, 1.165) is 6.07 Å². The van der Waals surface area contributed by atoms with Crippen LogP contribution >= 0.6 is 0 Å². The number of hydrogen-bond acceptors (Lipinski definition) is 4. The summed E-state index contributed by atoms with van der Waals surface area (Å²) >= 11 is 0. The maximum absolute atomic E-state index is 12.8. The van der Waals surface area contributed by atoms with E-state index in [1.54, 1.807) is 4.90 Å². The Hall–Kier alpha value is -1.69. The van der Waals surface area contributed by atoms with E-state index in [0.29, 0.717) is 18.8 Å². The summed E-state index contributed by atoms with van der Waals surface area (Å²) in [4.78, 5) is 11.7. The molecular formula is C9H9FN2O3. The number of aliphatic hydroxyl groups is 1. The summed E-state index contributed by atoms with van der Waals surface area (Å²) in [5.41, 5.74) is 0.0913. The zero-order valence-corrected chi connectivity index (χ0v) is 7.76. The maximum Gasteiger partial charge on any atom is 0.295 e. The van der Waals surface area contributed by atoms with Crippen LogP contribution in [0.2, 0.25) is 0 Å². The molecule has 0 bridgehead atoms. The largest absolute Gasteiger partial charge is 0.389 e. The van der Waals surface area contributed by atoms with E-state index in [1.807, 2.05) is 0 Å². The smallest absolute Gasteiger partial charge is 0.295 e. The van der Waals surface area contributed by atoms with Gasteiger partial charge in [-0.2, -0.15) is 0 Å². The van der Waals surface area contributed by atoms with Gasteiger partial charge in [-0.3, -0.25) is 10.1 Å². The van der Waals surface area contributed by atoms with Crippen LogP contribution in [0.5, 0.6) is 0 Å². The van der Waals surface area contributed by atoms with E-state index in [2.05, 4.69) is 0 Å². The quantitative estimate of drug-likeness (QED) is 0.584. The van der Waals surface area contributed by atoms with E-state index < -0.39 is 16.8 Å². The van der Waals surface area contributed by atoms with Crippen molar-refractivity contribution in [3.8, 4) is 0 Å². The number of β-amino-alcohol motifs (C(OH)–C–C–N with tert-alkyl or cyclic N) is 1. The first kappa shape index (κ1) is 9.85. The molecule has 1 N–H and O–H groups in total. The minimum atomic E-state index is -0.633. The minimum Gasteiger partial charge on any atom is -0.389 e. The second-order valence-corrected chi connectivity index (χ2v) is 3.45. The lowest BCUT2D eigenvalue weighted by Crippen LogP contribution is -2.51. The third-order valence-corrected chi connectivity index (χ3v) is 2.34. The number of benzene rings is 1. The van der Waals surface area contributed by atoms with Gasteiger partial charge in [0.15, 0.2) is 0 Å². The summed E-state index contributed by atoms with van der Waals surface area (Å²) in [7, 11) is 0. The Kier molecular flexibility index (Phi) is 2.28. The van der Waals surface area contributed by atoms with Crippen LogP contribution in [-0.2, 0) is 0 Å². The Balaban J connectivity index is 2.34. The molecule has 1 aliphatic rings. The molecule has 1 saturated heterocycles. The van der Waals surface area contributed by atoms with E-state index in [-0.39, 0.29) is 5.69 Å². The summed E-state index contributed by atoms with van der Waals surface area (Å²) < 4.78 is 12.8. The number of nitro groups is 1. The summed E-state index contributed by atoms with van der Waals surface area (Å²) in [6.07, 6.45) is -0.449. The van der Waals surface area contributed by atoms with Gasteiger partial charge >= 0.3 is 0 Å². The lowest BCUT2D eigenvalue weighted by atomic mass is 10.1. The Morgan fingerprint density at radius 3 is 2.73 bits per heavy atom. The molecule has 0 radical (unpaired) electrons. The number of rotatable bonds is 2. The molecule has 0 saturated carbocycles. The van der Waals surface area contributed by atoms with Gasteiger partial charge in [0.1, 0.15) is 11.5 Å². The van der Waals surface area contributed by atoms with Crippen molar-refractivity contribution in [2.24, 2.45) is 0 Å². The highest BCUT2D eigenvalue weighted by Gasteiger charge is 2.29. The van der Waals surface area contributed by atoms with Crippen LogP contribution in [0.25, 0.3) is 0 Å². The van der Waals surface area contributed by atoms with Crippen LogP contribution < -0.4 is 4.90 Å². The van der Waals surface area contributed by atoms with E-state index >= 15 is 0 Å². The number of halogens is 1. The van der Waals surface area contributed by atoms with Crippen molar-refractivity contribution in [2.75, 3.05) is 18.0 Å². The fourth-order valence-electron chi connectivity index (χ4n) is 1.56. The molecule has 0 unspecified atom stereocenters. The van der Waals surface area contributed by atoms with Gasteiger partial charge in [0.25, 0.3) is 5.69 Å². The molecule has 0 atom stereocenters. The second-order valence-electron chi connectivity index (χ2n) is 3.45. The van der Waals surface area contributed by atoms with E-state index in [4.69, 9.17) is 5.11 Å². The topological polar surface area (TPSA) is 66.6 Å². The van der Waals surface area contributed by atoms with Gasteiger partial charge in [-0.15, -0.1) is 0 Å². The fourth-order valence-corrected chi connectivity index (χ4v) is 1.56. The monoisotopic (exact) mass is 212 g/mol. The highest BCUT2D eigenvalue weighted by Crippen LogP contribution is 2.31. The van der Waals surface area contributed by atoms with Crippen LogP contribution in [-0.4, -0.2) is 29.2 Å². The molecule has 2 rings (SSSR count). The third kappa shape index (κ3) is 1.75. The molecule has 5 nitrogen and oxygen atoms in total. The summed E-state index contributed by atoms with van der Waals surface area (Å²) in [6.45, 7) is 0.707. The highest BCUT2D eigenvalue weighted by molar-refractivity contribution is 5.64. The number of nitrogens with zero attached hydrogens (tertiary/aromatic N) is 2. The first-order chi connectivity index (χ1) is 7.08. The summed E-state index contributed by atoms with van der Waals surface area (Å²) in [5, 5.41) is 19.7. The number of anilines is 1. The van der Waals surface area contributed by atoms with E-state index in [9.17, 15) is 14.5 Å². The normalized spacial score (nSPS) is 16.3. The number of hydrogen-bond donors (Lipinski definition) is 1. The molecule has 1 aliphatic heterocycles. The summed E-state index contributed by atoms with van der Waals surface area (Å²) in [5.74, 6) is -0.633. The van der Waals surface area contributed by atoms with Crippen LogP contribution in [0.4, 0.5) is 15.8 Å². The Labute approximate surface area is 84.9 Å². The highest BCUT2D eigenvalue weighted by atomic mass is 19.1. The van der Waals surface area contributed by atoms with E-state index in [1.165, 1.54) is 12.1 Å². The molecule has 1 heterocycles. The van der Waals surface area contributed by atoms with Crippen LogP contribution in [0.15, 0.2) is 18.2 Å². The Bertz CT molecular complexity index is 404. The first-order valence-electron chi connectivity index (χ1n) is 4.45. The molecule has 0 amide bonds. The first-order valence-corrected chi connectivity index (χ1v) is 4.45.